The molecule has 21 heavy (non-hydrogen) atoms. The fourth-order valence-electron chi connectivity index (χ4n) is 2.25. The minimum absolute atomic E-state index is 0.0226. The van der Waals surface area contributed by atoms with Crippen molar-refractivity contribution < 1.29 is 0 Å². The summed E-state index contributed by atoms with van der Waals surface area (Å²) in [4.78, 5) is 20.6. The van der Waals surface area contributed by atoms with E-state index in [1.807, 2.05) is 13.0 Å². The van der Waals surface area contributed by atoms with E-state index in [9.17, 15) is 4.79 Å². The number of aromatic nitrogens is 3. The Morgan fingerprint density at radius 3 is 2.90 bits per heavy atom. The molecule has 5 nitrogen and oxygen atoms in total. The smallest absolute Gasteiger partial charge is 0.250 e. The van der Waals surface area contributed by atoms with Crippen molar-refractivity contribution in [3.05, 3.63) is 52.3 Å². The van der Waals surface area contributed by atoms with E-state index >= 15 is 0 Å². The molecule has 0 aliphatic carbocycles. The van der Waals surface area contributed by atoms with E-state index in [4.69, 9.17) is 0 Å². The largest absolute Gasteiger partial charge is 0.367 e. The van der Waals surface area contributed by atoms with Crippen LogP contribution in [0.25, 0.3) is 0 Å². The second-order valence-corrected chi connectivity index (χ2v) is 5.29. The molecule has 0 aliphatic heterocycles. The molecule has 0 spiro atoms. The van der Waals surface area contributed by atoms with Crippen LogP contribution in [-0.4, -0.2) is 20.6 Å². The Kier molecular flexibility index (Phi) is 5.09. The number of nitrogens with zero attached hydrogens (tertiary/aromatic N) is 3. The topological polar surface area (TPSA) is 59.8 Å². The first-order valence-electron chi connectivity index (χ1n) is 7.34. The van der Waals surface area contributed by atoms with Gasteiger partial charge >= 0.3 is 0 Å². The molecular weight excluding hydrogens is 264 g/mol. The Hall–Kier alpha value is -2.17. The van der Waals surface area contributed by atoms with Crippen LogP contribution in [-0.2, 0) is 6.54 Å². The number of anilines is 1. The Bertz CT molecular complexity index is 651. The maximum atomic E-state index is 11.8. The minimum Gasteiger partial charge on any atom is -0.367 e. The highest BCUT2D eigenvalue weighted by Crippen LogP contribution is 2.15. The molecule has 0 saturated carbocycles. The fraction of sp³-hybridized carbons (Fsp3) is 0.438. The van der Waals surface area contributed by atoms with Crippen molar-refractivity contribution in [2.45, 2.75) is 46.2 Å². The van der Waals surface area contributed by atoms with Gasteiger partial charge in [0, 0.05) is 30.1 Å². The van der Waals surface area contributed by atoms with Crippen LogP contribution in [0.5, 0.6) is 0 Å². The van der Waals surface area contributed by atoms with Gasteiger partial charge in [-0.05, 0) is 26.3 Å². The Balaban J connectivity index is 2.26. The molecule has 112 valence electrons. The quantitative estimate of drug-likeness (QED) is 0.886. The molecule has 0 fully saturated rings. The predicted octanol–water partition coefficient (Wildman–Crippen LogP) is 2.60. The molecule has 0 aliphatic rings. The summed E-state index contributed by atoms with van der Waals surface area (Å²) in [6, 6.07) is 5.49. The van der Waals surface area contributed by atoms with Gasteiger partial charge in [-0.2, -0.15) is 0 Å². The lowest BCUT2D eigenvalue weighted by atomic mass is 10.2. The summed E-state index contributed by atoms with van der Waals surface area (Å²) in [6.45, 7) is 6.64. The van der Waals surface area contributed by atoms with E-state index in [2.05, 4.69) is 29.1 Å². The highest BCUT2D eigenvalue weighted by molar-refractivity contribution is 5.43. The van der Waals surface area contributed by atoms with Gasteiger partial charge in [0.05, 0.1) is 6.54 Å². The average molecular weight is 286 g/mol. The van der Waals surface area contributed by atoms with Crippen LogP contribution in [0.15, 0.2) is 35.4 Å². The summed E-state index contributed by atoms with van der Waals surface area (Å²) in [7, 11) is 0. The second kappa shape index (κ2) is 7.02. The summed E-state index contributed by atoms with van der Waals surface area (Å²) in [5, 5.41) is 3.43. The molecule has 2 heterocycles. The number of aryl methyl sites for hydroxylation is 1. The van der Waals surface area contributed by atoms with E-state index in [1.165, 1.54) is 0 Å². The second-order valence-electron chi connectivity index (χ2n) is 5.29. The molecule has 0 saturated heterocycles. The molecule has 2 aromatic rings. The lowest BCUT2D eigenvalue weighted by molar-refractivity contribution is 0.680. The van der Waals surface area contributed by atoms with Gasteiger partial charge in [0.15, 0.2) is 0 Å². The number of hydrogen-bond donors (Lipinski definition) is 1. The van der Waals surface area contributed by atoms with Crippen LogP contribution in [0.3, 0.4) is 0 Å². The van der Waals surface area contributed by atoms with Crippen LogP contribution in [0.1, 0.15) is 38.1 Å². The Morgan fingerprint density at radius 2 is 2.19 bits per heavy atom. The third-order valence-electron chi connectivity index (χ3n) is 3.33. The number of rotatable bonds is 6. The van der Waals surface area contributed by atoms with Gasteiger partial charge in [-0.25, -0.2) is 9.97 Å². The summed E-state index contributed by atoms with van der Waals surface area (Å²) in [6.07, 6.45) is 5.77. The summed E-state index contributed by atoms with van der Waals surface area (Å²) >= 11 is 0. The van der Waals surface area contributed by atoms with Crippen molar-refractivity contribution in [1.82, 2.24) is 14.5 Å². The SMILES string of the molecule is CCCC(C)Nc1nc(C)ncc1Cn1ccccc1=O. The third-order valence-corrected chi connectivity index (χ3v) is 3.33. The molecule has 1 unspecified atom stereocenters. The van der Waals surface area contributed by atoms with Gasteiger partial charge in [-0.15, -0.1) is 0 Å². The van der Waals surface area contributed by atoms with Gasteiger partial charge in [0.2, 0.25) is 0 Å². The minimum atomic E-state index is -0.0226. The van der Waals surface area contributed by atoms with E-state index < -0.39 is 0 Å². The fourth-order valence-corrected chi connectivity index (χ4v) is 2.25. The molecule has 0 amide bonds. The molecule has 0 bridgehead atoms. The zero-order valence-corrected chi connectivity index (χ0v) is 12.8. The van der Waals surface area contributed by atoms with Gasteiger partial charge in [-0.1, -0.05) is 19.4 Å². The van der Waals surface area contributed by atoms with Crippen LogP contribution in [0, 0.1) is 6.92 Å². The molecule has 0 radical (unpaired) electrons. The zero-order chi connectivity index (χ0) is 15.2. The monoisotopic (exact) mass is 286 g/mol. The van der Waals surface area contributed by atoms with E-state index in [0.717, 1.165) is 30.0 Å². The summed E-state index contributed by atoms with van der Waals surface area (Å²) < 4.78 is 1.66. The highest BCUT2D eigenvalue weighted by Gasteiger charge is 2.10. The van der Waals surface area contributed by atoms with Crippen LogP contribution >= 0.6 is 0 Å². The first-order chi connectivity index (χ1) is 10.1. The number of hydrogen-bond acceptors (Lipinski definition) is 4. The van der Waals surface area contributed by atoms with Gasteiger partial charge in [-0.3, -0.25) is 4.79 Å². The molecule has 2 rings (SSSR count). The van der Waals surface area contributed by atoms with Crippen molar-refractivity contribution >= 4 is 5.82 Å². The molecule has 1 N–H and O–H groups in total. The predicted molar refractivity (Wildman–Crippen MR) is 84.6 cm³/mol. The van der Waals surface area contributed by atoms with Crippen LogP contribution < -0.4 is 10.9 Å². The standard InChI is InChI=1S/C16H22N4O/c1-4-7-12(2)18-16-14(10-17-13(3)19-16)11-20-9-6-5-8-15(20)21/h5-6,8-10,12H,4,7,11H2,1-3H3,(H,17,18,19). The van der Waals surface area contributed by atoms with Crippen molar-refractivity contribution in [3.8, 4) is 0 Å². The first-order valence-corrected chi connectivity index (χ1v) is 7.34. The molecular formula is C16H22N4O. The Labute approximate surface area is 125 Å². The van der Waals surface area contributed by atoms with Gasteiger partial charge in [0.1, 0.15) is 11.6 Å². The molecule has 5 heteroatoms. The molecule has 2 aromatic heterocycles. The van der Waals surface area contributed by atoms with Crippen molar-refractivity contribution in [1.29, 1.82) is 0 Å². The van der Waals surface area contributed by atoms with E-state index in [-0.39, 0.29) is 5.56 Å². The average Bonchev–Trinajstić information content (AvgIpc) is 2.44. The maximum absolute atomic E-state index is 11.8. The maximum Gasteiger partial charge on any atom is 0.250 e. The summed E-state index contributed by atoms with van der Waals surface area (Å²) in [5.41, 5.74) is 0.905. The normalized spacial score (nSPS) is 12.1. The van der Waals surface area contributed by atoms with Crippen molar-refractivity contribution in [3.63, 3.8) is 0 Å². The van der Waals surface area contributed by atoms with E-state index in [1.54, 1.807) is 29.1 Å². The third kappa shape index (κ3) is 4.15. The zero-order valence-electron chi connectivity index (χ0n) is 12.8. The van der Waals surface area contributed by atoms with E-state index in [0.29, 0.717) is 12.6 Å². The Morgan fingerprint density at radius 1 is 1.38 bits per heavy atom. The van der Waals surface area contributed by atoms with Gasteiger partial charge < -0.3 is 9.88 Å². The highest BCUT2D eigenvalue weighted by atomic mass is 16.1. The van der Waals surface area contributed by atoms with Crippen LogP contribution in [0.4, 0.5) is 5.82 Å². The first kappa shape index (κ1) is 15.2. The lowest BCUT2D eigenvalue weighted by Gasteiger charge is -2.17. The van der Waals surface area contributed by atoms with Gasteiger partial charge in [0.25, 0.3) is 5.56 Å². The molecule has 1 atom stereocenters. The summed E-state index contributed by atoms with van der Waals surface area (Å²) in [5.74, 6) is 1.55. The van der Waals surface area contributed by atoms with Crippen molar-refractivity contribution in [2.75, 3.05) is 5.32 Å². The molecule has 0 aromatic carbocycles. The van der Waals surface area contributed by atoms with Crippen LogP contribution in [0.2, 0.25) is 0 Å². The lowest BCUT2D eigenvalue weighted by Crippen LogP contribution is -2.22. The number of pyridine rings is 1. The van der Waals surface area contributed by atoms with Crippen molar-refractivity contribution in [2.24, 2.45) is 0 Å². The number of nitrogens with one attached hydrogen (secondary N) is 1.